The quantitative estimate of drug-likeness (QED) is 0.781. The fourth-order valence-corrected chi connectivity index (χ4v) is 4.43. The van der Waals surface area contributed by atoms with E-state index in [0.717, 1.165) is 64.0 Å². The number of nitrogens with one attached hydrogen (secondary N) is 2. The van der Waals surface area contributed by atoms with Crippen LogP contribution in [0.5, 0.6) is 0 Å². The van der Waals surface area contributed by atoms with Crippen molar-refractivity contribution in [2.24, 2.45) is 0 Å². The number of carbonyl (C=O) groups excluding carboxylic acids is 2. The van der Waals surface area contributed by atoms with Crippen molar-refractivity contribution < 1.29 is 18.9 Å². The van der Waals surface area contributed by atoms with Crippen LogP contribution in [0.2, 0.25) is 0 Å². The van der Waals surface area contributed by atoms with E-state index in [1.807, 2.05) is 0 Å². The van der Waals surface area contributed by atoms with Crippen LogP contribution in [0, 0.1) is 5.82 Å². The van der Waals surface area contributed by atoms with Gasteiger partial charge in [-0.15, -0.1) is 0 Å². The second kappa shape index (κ2) is 6.87. The van der Waals surface area contributed by atoms with E-state index in [1.54, 1.807) is 12.1 Å². The number of halogens is 1. The average molecular weight is 361 g/mol. The smallest absolute Gasteiger partial charge is 0.329 e. The molecule has 26 heavy (non-hydrogen) atoms. The zero-order valence-electron chi connectivity index (χ0n) is 15.0. The SMILES string of the molecule is O=C1NC2(CCCCC2)C(=O)N1C[NH+]1CCN(c2ccc(F)cc2)CC1. The van der Waals surface area contributed by atoms with Crippen LogP contribution in [-0.4, -0.2) is 55.2 Å². The van der Waals surface area contributed by atoms with Crippen LogP contribution in [0.3, 0.4) is 0 Å². The molecule has 2 heterocycles. The molecule has 1 aromatic rings. The van der Waals surface area contributed by atoms with Crippen LogP contribution >= 0.6 is 0 Å². The Morgan fingerprint density at radius 3 is 2.35 bits per heavy atom. The number of quaternary nitrogens is 1. The van der Waals surface area contributed by atoms with Crippen LogP contribution in [0.25, 0.3) is 0 Å². The highest BCUT2D eigenvalue weighted by molar-refractivity contribution is 6.06. The summed E-state index contributed by atoms with van der Waals surface area (Å²) in [6, 6.07) is 6.32. The molecule has 2 N–H and O–H groups in total. The summed E-state index contributed by atoms with van der Waals surface area (Å²) in [6.45, 7) is 3.79. The van der Waals surface area contributed by atoms with Crippen molar-refractivity contribution in [1.29, 1.82) is 0 Å². The van der Waals surface area contributed by atoms with E-state index in [9.17, 15) is 14.0 Å². The Balaban J connectivity index is 1.35. The van der Waals surface area contributed by atoms with Crippen molar-refractivity contribution >= 4 is 17.6 Å². The Morgan fingerprint density at radius 2 is 1.69 bits per heavy atom. The second-order valence-corrected chi connectivity index (χ2v) is 7.68. The highest BCUT2D eigenvalue weighted by Crippen LogP contribution is 2.33. The number of anilines is 1. The molecule has 1 aliphatic carbocycles. The van der Waals surface area contributed by atoms with Crippen molar-refractivity contribution in [3.63, 3.8) is 0 Å². The number of urea groups is 1. The lowest BCUT2D eigenvalue weighted by molar-refractivity contribution is -0.907. The minimum Gasteiger partial charge on any atom is -0.360 e. The minimum atomic E-state index is -0.634. The van der Waals surface area contributed by atoms with Crippen LogP contribution in [0.4, 0.5) is 14.9 Å². The van der Waals surface area contributed by atoms with Crippen molar-refractivity contribution in [3.8, 4) is 0 Å². The standard InChI is InChI=1S/C19H25FN4O2/c20-15-4-6-16(7-5-15)23-12-10-22(11-13-23)14-24-17(25)19(21-18(24)26)8-2-1-3-9-19/h4-7H,1-3,8-14H2,(H,21,26)/p+1. The average Bonchev–Trinajstić information content (AvgIpc) is 2.88. The van der Waals surface area contributed by atoms with Gasteiger partial charge in [0.1, 0.15) is 11.4 Å². The molecular formula is C19H26FN4O2+. The lowest BCUT2D eigenvalue weighted by Gasteiger charge is -2.35. The van der Waals surface area contributed by atoms with Gasteiger partial charge in [-0.05, 0) is 37.1 Å². The number of hydrogen-bond acceptors (Lipinski definition) is 3. The number of hydrogen-bond donors (Lipinski definition) is 2. The number of nitrogens with zero attached hydrogens (tertiary/aromatic N) is 2. The molecule has 0 atom stereocenters. The summed E-state index contributed by atoms with van der Waals surface area (Å²) in [7, 11) is 0. The molecule has 7 heteroatoms. The Morgan fingerprint density at radius 1 is 1.04 bits per heavy atom. The molecule has 6 nitrogen and oxygen atoms in total. The lowest BCUT2D eigenvalue weighted by atomic mass is 9.82. The minimum absolute atomic E-state index is 0.0318. The second-order valence-electron chi connectivity index (χ2n) is 7.68. The first-order chi connectivity index (χ1) is 12.6. The van der Waals surface area contributed by atoms with Crippen LogP contribution in [0.15, 0.2) is 24.3 Å². The van der Waals surface area contributed by atoms with Crippen LogP contribution < -0.4 is 15.1 Å². The Labute approximate surface area is 152 Å². The Hall–Kier alpha value is -2.15. The summed E-state index contributed by atoms with van der Waals surface area (Å²) < 4.78 is 13.1. The number of rotatable bonds is 3. The highest BCUT2D eigenvalue weighted by atomic mass is 19.1. The van der Waals surface area contributed by atoms with Crippen LogP contribution in [0.1, 0.15) is 32.1 Å². The van der Waals surface area contributed by atoms with Crippen molar-refractivity contribution in [2.45, 2.75) is 37.6 Å². The van der Waals surface area contributed by atoms with Crippen molar-refractivity contribution in [2.75, 3.05) is 37.7 Å². The largest absolute Gasteiger partial charge is 0.360 e. The fourth-order valence-electron chi connectivity index (χ4n) is 4.43. The predicted octanol–water partition coefficient (Wildman–Crippen LogP) is 0.743. The first-order valence-corrected chi connectivity index (χ1v) is 9.56. The predicted molar refractivity (Wildman–Crippen MR) is 95.4 cm³/mol. The molecule has 140 valence electrons. The van der Waals surface area contributed by atoms with E-state index in [4.69, 9.17) is 0 Å². The maximum atomic E-state index is 13.1. The molecule has 0 unspecified atom stereocenters. The third-order valence-electron chi connectivity index (χ3n) is 6.00. The van der Waals surface area contributed by atoms with E-state index in [1.165, 1.54) is 21.9 Å². The van der Waals surface area contributed by atoms with Gasteiger partial charge in [-0.1, -0.05) is 19.3 Å². The molecule has 0 bridgehead atoms. The molecule has 4 rings (SSSR count). The molecule has 2 saturated heterocycles. The summed E-state index contributed by atoms with van der Waals surface area (Å²) in [5.41, 5.74) is 0.381. The molecule has 3 aliphatic rings. The van der Waals surface area contributed by atoms with Crippen molar-refractivity contribution in [3.05, 3.63) is 30.1 Å². The third kappa shape index (κ3) is 3.16. The number of benzene rings is 1. The summed E-state index contributed by atoms with van der Waals surface area (Å²) in [5.74, 6) is -0.260. The zero-order chi connectivity index (χ0) is 18.1. The maximum Gasteiger partial charge on any atom is 0.329 e. The van der Waals surface area contributed by atoms with Gasteiger partial charge in [0.25, 0.3) is 5.91 Å². The number of carbonyl (C=O) groups is 2. The summed E-state index contributed by atoms with van der Waals surface area (Å²) in [4.78, 5) is 30.1. The van der Waals surface area contributed by atoms with Gasteiger partial charge in [0, 0.05) is 5.69 Å². The molecule has 0 radical (unpaired) electrons. The summed E-state index contributed by atoms with van der Waals surface area (Å²) >= 11 is 0. The first kappa shape index (κ1) is 17.3. The third-order valence-corrected chi connectivity index (χ3v) is 6.00. The van der Waals surface area contributed by atoms with Gasteiger partial charge in [0.2, 0.25) is 0 Å². The van der Waals surface area contributed by atoms with Gasteiger partial charge >= 0.3 is 6.03 Å². The van der Waals surface area contributed by atoms with Gasteiger partial charge in [-0.2, -0.15) is 0 Å². The monoisotopic (exact) mass is 361 g/mol. The fraction of sp³-hybridized carbons (Fsp3) is 0.579. The summed E-state index contributed by atoms with van der Waals surface area (Å²) in [6.07, 6.45) is 4.68. The van der Waals surface area contributed by atoms with E-state index in [0.29, 0.717) is 6.67 Å². The number of imide groups is 1. The van der Waals surface area contributed by atoms with Gasteiger partial charge in [-0.3, -0.25) is 4.79 Å². The molecule has 0 aromatic heterocycles. The highest BCUT2D eigenvalue weighted by Gasteiger charge is 2.52. The topological polar surface area (TPSA) is 57.1 Å². The first-order valence-electron chi connectivity index (χ1n) is 9.56. The molecular weight excluding hydrogens is 335 g/mol. The normalized spacial score (nSPS) is 23.6. The van der Waals surface area contributed by atoms with Gasteiger partial charge in [0.05, 0.1) is 26.2 Å². The molecule has 1 aromatic carbocycles. The van der Waals surface area contributed by atoms with E-state index < -0.39 is 5.54 Å². The Kier molecular flexibility index (Phi) is 4.56. The maximum absolute atomic E-state index is 13.1. The molecule has 2 aliphatic heterocycles. The van der Waals surface area contributed by atoms with Gasteiger partial charge in [0.15, 0.2) is 6.67 Å². The lowest BCUT2D eigenvalue weighted by Crippen LogP contribution is -3.16. The molecule has 3 amide bonds. The molecule has 1 spiro atoms. The number of piperazine rings is 1. The number of amides is 3. The summed E-state index contributed by atoms with van der Waals surface area (Å²) in [5, 5.41) is 2.98. The van der Waals surface area contributed by atoms with Gasteiger partial charge in [-0.25, -0.2) is 14.1 Å². The zero-order valence-corrected chi connectivity index (χ0v) is 15.0. The van der Waals surface area contributed by atoms with Gasteiger partial charge < -0.3 is 15.1 Å². The van der Waals surface area contributed by atoms with E-state index >= 15 is 0 Å². The van der Waals surface area contributed by atoms with E-state index in [2.05, 4.69) is 10.2 Å². The molecule has 1 saturated carbocycles. The Bertz CT molecular complexity index is 679. The molecule has 3 fully saturated rings. The van der Waals surface area contributed by atoms with Crippen LogP contribution in [-0.2, 0) is 4.79 Å². The van der Waals surface area contributed by atoms with E-state index in [-0.39, 0.29) is 17.8 Å². The van der Waals surface area contributed by atoms with Crippen molar-refractivity contribution in [1.82, 2.24) is 10.2 Å².